The Kier molecular flexibility index (Phi) is 8.24. The molecule has 21 heavy (non-hydrogen) atoms. The molecular formula is C16H23F4P. The minimum atomic E-state index is -1.72. The molecule has 1 aromatic rings. The van der Waals surface area contributed by atoms with E-state index in [9.17, 15) is 17.6 Å². The van der Waals surface area contributed by atoms with Gasteiger partial charge in [-0.25, -0.2) is 17.6 Å². The second kappa shape index (κ2) is 9.40. The Hall–Kier alpha value is -0.630. The van der Waals surface area contributed by atoms with Crippen molar-refractivity contribution in [3.63, 3.8) is 0 Å². The third kappa shape index (κ3) is 5.25. The third-order valence-electron chi connectivity index (χ3n) is 3.49. The molecule has 0 nitrogen and oxygen atoms in total. The molecule has 5 heteroatoms. The quantitative estimate of drug-likeness (QED) is 0.179. The summed E-state index contributed by atoms with van der Waals surface area (Å²) >= 11 is 0. The lowest BCUT2D eigenvalue weighted by molar-refractivity contribution is 0.412. The molecule has 0 radical (unpaired) electrons. The summed E-state index contributed by atoms with van der Waals surface area (Å²) in [5, 5.41) is 0.0475. The molecule has 1 rings (SSSR count). The maximum absolute atomic E-state index is 13.9. The molecule has 0 amide bonds. The first-order valence-electron chi connectivity index (χ1n) is 7.60. The molecular weight excluding hydrogens is 299 g/mol. The predicted octanol–water partition coefficient (Wildman–Crippen LogP) is 5.73. The van der Waals surface area contributed by atoms with Crippen molar-refractivity contribution in [3.8, 4) is 0 Å². The van der Waals surface area contributed by atoms with E-state index < -0.39 is 31.2 Å². The minimum Gasteiger partial charge on any atom is -0.204 e. The molecule has 0 fully saturated rings. The summed E-state index contributed by atoms with van der Waals surface area (Å²) < 4.78 is 53.8. The van der Waals surface area contributed by atoms with Crippen molar-refractivity contribution in [1.29, 1.82) is 0 Å². The van der Waals surface area contributed by atoms with Crippen molar-refractivity contribution in [2.75, 3.05) is 12.3 Å². The summed E-state index contributed by atoms with van der Waals surface area (Å²) in [6.45, 7) is 4.12. The molecule has 120 valence electrons. The van der Waals surface area contributed by atoms with E-state index in [1.807, 2.05) is 6.92 Å². The summed E-state index contributed by atoms with van der Waals surface area (Å²) in [6.07, 6.45) is 7.47. The first-order chi connectivity index (χ1) is 10.0. The van der Waals surface area contributed by atoms with Gasteiger partial charge in [0, 0.05) is 5.30 Å². The molecule has 0 heterocycles. The van der Waals surface area contributed by atoms with Crippen LogP contribution in [-0.2, 0) is 0 Å². The second-order valence-electron chi connectivity index (χ2n) is 5.22. The van der Waals surface area contributed by atoms with Gasteiger partial charge in [0.2, 0.25) is 0 Å². The average molecular weight is 322 g/mol. The van der Waals surface area contributed by atoms with Crippen LogP contribution in [0.1, 0.15) is 52.4 Å². The van der Waals surface area contributed by atoms with Crippen LogP contribution in [0.5, 0.6) is 0 Å². The van der Waals surface area contributed by atoms with Crippen LogP contribution < -0.4 is 5.30 Å². The number of rotatable bonds is 9. The number of hydrogen-bond acceptors (Lipinski definition) is 0. The maximum Gasteiger partial charge on any atom is 0.198 e. The Morgan fingerprint density at radius 1 is 0.762 bits per heavy atom. The fraction of sp³-hybridized carbons (Fsp3) is 0.625. The Bertz CT molecular complexity index is 448. The molecule has 0 aliphatic heterocycles. The monoisotopic (exact) mass is 322 g/mol. The van der Waals surface area contributed by atoms with Crippen LogP contribution in [0, 0.1) is 23.3 Å². The van der Waals surface area contributed by atoms with Gasteiger partial charge in [0.05, 0.1) is 0 Å². The summed E-state index contributed by atoms with van der Waals surface area (Å²) in [7, 11) is -0.966. The number of hydrogen-bond donors (Lipinski definition) is 0. The largest absolute Gasteiger partial charge is 0.204 e. The lowest BCUT2D eigenvalue weighted by Crippen LogP contribution is -2.16. The van der Waals surface area contributed by atoms with E-state index in [-0.39, 0.29) is 5.30 Å². The average Bonchev–Trinajstić information content (AvgIpc) is 2.48. The fourth-order valence-corrected chi connectivity index (χ4v) is 4.90. The van der Waals surface area contributed by atoms with Crippen LogP contribution in [0.25, 0.3) is 0 Å². The molecule has 1 aromatic carbocycles. The molecule has 0 aliphatic carbocycles. The second-order valence-corrected chi connectivity index (χ2v) is 7.68. The van der Waals surface area contributed by atoms with Crippen molar-refractivity contribution in [3.05, 3.63) is 29.3 Å². The van der Waals surface area contributed by atoms with Gasteiger partial charge < -0.3 is 0 Å². The topological polar surface area (TPSA) is 0 Å². The van der Waals surface area contributed by atoms with Crippen molar-refractivity contribution in [2.24, 2.45) is 0 Å². The molecule has 0 aliphatic rings. The summed E-state index contributed by atoms with van der Waals surface area (Å²) in [4.78, 5) is 0. The van der Waals surface area contributed by atoms with Crippen LogP contribution in [-0.4, -0.2) is 12.3 Å². The van der Waals surface area contributed by atoms with Gasteiger partial charge in [-0.3, -0.25) is 0 Å². The zero-order valence-corrected chi connectivity index (χ0v) is 13.6. The van der Waals surface area contributed by atoms with Gasteiger partial charge in [-0.05, 0) is 31.2 Å². The summed E-state index contributed by atoms with van der Waals surface area (Å²) in [6, 6.07) is 0.856. The van der Waals surface area contributed by atoms with Crippen LogP contribution >= 0.6 is 7.92 Å². The lowest BCUT2D eigenvalue weighted by Gasteiger charge is -2.19. The number of halogens is 4. The first kappa shape index (κ1) is 18.4. The van der Waals surface area contributed by atoms with Crippen molar-refractivity contribution in [2.45, 2.75) is 52.4 Å². The number of benzene rings is 1. The van der Waals surface area contributed by atoms with Crippen LogP contribution in [0.4, 0.5) is 17.6 Å². The summed E-state index contributed by atoms with van der Waals surface area (Å²) in [5.74, 6) is -5.89. The van der Waals surface area contributed by atoms with E-state index >= 15 is 0 Å². The molecule has 0 saturated heterocycles. The highest BCUT2D eigenvalue weighted by Crippen LogP contribution is 2.39. The smallest absolute Gasteiger partial charge is 0.198 e. The Balaban J connectivity index is 2.91. The van der Waals surface area contributed by atoms with Gasteiger partial charge >= 0.3 is 0 Å². The van der Waals surface area contributed by atoms with Crippen LogP contribution in [0.3, 0.4) is 0 Å². The lowest BCUT2D eigenvalue weighted by atomic mass is 10.2. The molecule has 0 aromatic heterocycles. The van der Waals surface area contributed by atoms with Crippen molar-refractivity contribution >= 4 is 13.2 Å². The predicted molar refractivity (Wildman–Crippen MR) is 81.6 cm³/mol. The van der Waals surface area contributed by atoms with E-state index in [0.717, 1.165) is 56.9 Å². The van der Waals surface area contributed by atoms with Gasteiger partial charge in [0.1, 0.15) is 0 Å². The first-order valence-corrected chi connectivity index (χ1v) is 9.32. The fourth-order valence-electron chi connectivity index (χ4n) is 2.22. The van der Waals surface area contributed by atoms with Crippen molar-refractivity contribution < 1.29 is 17.6 Å². The third-order valence-corrected chi connectivity index (χ3v) is 6.21. The van der Waals surface area contributed by atoms with E-state index in [1.54, 1.807) is 0 Å². The van der Waals surface area contributed by atoms with E-state index in [2.05, 4.69) is 6.92 Å². The zero-order valence-electron chi connectivity index (χ0n) is 12.7. The van der Waals surface area contributed by atoms with Gasteiger partial charge in [-0.1, -0.05) is 47.5 Å². The van der Waals surface area contributed by atoms with E-state index in [4.69, 9.17) is 0 Å². The molecule has 1 unspecified atom stereocenters. The van der Waals surface area contributed by atoms with Crippen molar-refractivity contribution in [1.82, 2.24) is 0 Å². The summed E-state index contributed by atoms with van der Waals surface area (Å²) in [5.41, 5.74) is 0. The number of unbranched alkanes of at least 4 members (excludes halogenated alkanes) is 4. The van der Waals surface area contributed by atoms with Gasteiger partial charge in [-0.15, -0.1) is 0 Å². The van der Waals surface area contributed by atoms with Crippen LogP contribution in [0.15, 0.2) is 6.07 Å². The molecule has 1 atom stereocenters. The van der Waals surface area contributed by atoms with E-state index in [0.29, 0.717) is 0 Å². The van der Waals surface area contributed by atoms with Gasteiger partial charge in [0.25, 0.3) is 0 Å². The Morgan fingerprint density at radius 3 is 2.00 bits per heavy atom. The zero-order chi connectivity index (χ0) is 15.8. The van der Waals surface area contributed by atoms with E-state index in [1.165, 1.54) is 0 Å². The highest BCUT2D eigenvalue weighted by molar-refractivity contribution is 7.65. The SMILES string of the molecule is CCCCCCP(CCCC)c1cc(F)c(F)c(F)c1F. The normalized spacial score (nSPS) is 12.7. The molecule has 0 saturated carbocycles. The standard InChI is InChI=1S/C16H23F4P/c1-3-5-7-8-10-21(9-6-4-2)13-11-12(17)14(18)16(20)15(13)19/h11H,3-10H2,1-2H3. The Labute approximate surface area is 125 Å². The molecule has 0 spiro atoms. The highest BCUT2D eigenvalue weighted by atomic mass is 31.1. The maximum atomic E-state index is 13.9. The highest BCUT2D eigenvalue weighted by Gasteiger charge is 2.23. The molecule has 0 bridgehead atoms. The Morgan fingerprint density at radius 2 is 1.38 bits per heavy atom. The molecule has 0 N–H and O–H groups in total. The van der Waals surface area contributed by atoms with Gasteiger partial charge in [0.15, 0.2) is 23.3 Å². The van der Waals surface area contributed by atoms with Crippen LogP contribution in [0.2, 0.25) is 0 Å². The van der Waals surface area contributed by atoms with Gasteiger partial charge in [-0.2, -0.15) is 0 Å². The minimum absolute atomic E-state index is 0.0475.